The van der Waals surface area contributed by atoms with Gasteiger partial charge in [-0.25, -0.2) is 4.79 Å². The van der Waals surface area contributed by atoms with E-state index in [2.05, 4.69) is 10.6 Å². The highest BCUT2D eigenvalue weighted by atomic mass is 16.6. The molecule has 202 valence electrons. The van der Waals surface area contributed by atoms with Crippen molar-refractivity contribution in [1.29, 1.82) is 0 Å². The first-order valence-electron chi connectivity index (χ1n) is 12.9. The Kier molecular flexibility index (Phi) is 8.51. The molecular formula is C25H41N5O6. The molecule has 0 aromatic heterocycles. The van der Waals surface area contributed by atoms with Crippen molar-refractivity contribution in [3.63, 3.8) is 0 Å². The molecule has 3 heterocycles. The number of carbonyl (C=O) groups excluding carboxylic acids is 5. The van der Waals surface area contributed by atoms with E-state index >= 15 is 0 Å². The number of primary amides is 1. The van der Waals surface area contributed by atoms with E-state index in [4.69, 9.17) is 10.5 Å². The van der Waals surface area contributed by atoms with Crippen LogP contribution in [0.15, 0.2) is 0 Å². The van der Waals surface area contributed by atoms with Gasteiger partial charge in [0.05, 0.1) is 0 Å². The van der Waals surface area contributed by atoms with Crippen molar-refractivity contribution in [1.82, 2.24) is 20.4 Å². The zero-order chi connectivity index (χ0) is 26.8. The van der Waals surface area contributed by atoms with Gasteiger partial charge in [-0.3, -0.25) is 19.2 Å². The summed E-state index contributed by atoms with van der Waals surface area (Å²) in [5, 5.41) is 5.69. The fraction of sp³-hybridized carbons (Fsp3) is 0.800. The summed E-state index contributed by atoms with van der Waals surface area (Å²) >= 11 is 0. The van der Waals surface area contributed by atoms with Crippen LogP contribution in [0.25, 0.3) is 0 Å². The number of ether oxygens (including phenoxy) is 1. The standard InChI is InChI=1S/C25H41N5O6/c1-14-10-19-23(34)30(13-14)18(20(26)31)12-15-11-16(27-21(15)32)8-6-7-9-17(22(33)29(19)5)28-24(35)36-25(2,3)4/h14-19H,6-13H2,1-5H3,(H2,26,31)(H,27,32)(H,28,35)/t14?,15-,16+,17-,18-,19-/m0/s1. The maximum absolute atomic E-state index is 13.6. The van der Waals surface area contributed by atoms with Crippen molar-refractivity contribution < 1.29 is 28.7 Å². The number of amides is 5. The van der Waals surface area contributed by atoms with Crippen molar-refractivity contribution in [2.75, 3.05) is 13.6 Å². The fourth-order valence-electron chi connectivity index (χ4n) is 5.51. The minimum Gasteiger partial charge on any atom is -0.444 e. The molecule has 0 saturated carbocycles. The average molecular weight is 508 g/mol. The van der Waals surface area contributed by atoms with Crippen molar-refractivity contribution in [2.24, 2.45) is 17.6 Å². The van der Waals surface area contributed by atoms with Gasteiger partial charge >= 0.3 is 6.09 Å². The summed E-state index contributed by atoms with van der Waals surface area (Å²) in [5.41, 5.74) is 5.00. The number of nitrogens with two attached hydrogens (primary N) is 1. The Morgan fingerprint density at radius 3 is 2.36 bits per heavy atom. The molecule has 1 unspecified atom stereocenters. The lowest BCUT2D eigenvalue weighted by molar-refractivity contribution is -0.154. The first-order chi connectivity index (χ1) is 16.8. The second-order valence-corrected chi connectivity index (χ2v) is 11.6. The number of hydrogen-bond acceptors (Lipinski definition) is 6. The van der Waals surface area contributed by atoms with Crippen LogP contribution in [0.2, 0.25) is 0 Å². The van der Waals surface area contributed by atoms with Gasteiger partial charge in [0.1, 0.15) is 23.7 Å². The van der Waals surface area contributed by atoms with Crippen molar-refractivity contribution >= 4 is 29.7 Å². The van der Waals surface area contributed by atoms with Gasteiger partial charge < -0.3 is 30.9 Å². The lowest BCUT2D eigenvalue weighted by Crippen LogP contribution is -2.62. The highest BCUT2D eigenvalue weighted by Crippen LogP contribution is 2.30. The molecule has 0 aromatic rings. The number of piperidine rings is 1. The molecule has 11 nitrogen and oxygen atoms in total. The highest BCUT2D eigenvalue weighted by Gasteiger charge is 2.45. The number of carbonyl (C=O) groups is 5. The van der Waals surface area contributed by atoms with E-state index in [1.165, 1.54) is 9.80 Å². The molecule has 0 radical (unpaired) electrons. The summed E-state index contributed by atoms with van der Waals surface area (Å²) in [6.07, 6.45) is 2.94. The first kappa shape index (κ1) is 27.7. The number of nitrogens with one attached hydrogen (secondary N) is 2. The van der Waals surface area contributed by atoms with Crippen molar-refractivity contribution in [3.05, 3.63) is 0 Å². The zero-order valence-electron chi connectivity index (χ0n) is 22.0. The molecule has 3 aliphatic rings. The van der Waals surface area contributed by atoms with Crippen LogP contribution >= 0.6 is 0 Å². The van der Waals surface area contributed by atoms with Crippen LogP contribution < -0.4 is 16.4 Å². The summed E-state index contributed by atoms with van der Waals surface area (Å²) in [6.45, 7) is 7.50. The molecule has 4 bridgehead atoms. The van der Waals surface area contributed by atoms with Crippen LogP contribution in [0.5, 0.6) is 0 Å². The molecule has 3 saturated heterocycles. The minimum absolute atomic E-state index is 0.00269. The molecule has 4 N–H and O–H groups in total. The predicted molar refractivity (Wildman–Crippen MR) is 131 cm³/mol. The molecule has 3 aliphatic heterocycles. The summed E-state index contributed by atoms with van der Waals surface area (Å²) in [4.78, 5) is 67.6. The zero-order valence-corrected chi connectivity index (χ0v) is 22.0. The van der Waals surface area contributed by atoms with Crippen molar-refractivity contribution in [2.45, 2.75) is 102 Å². The Bertz CT molecular complexity index is 887. The molecule has 3 fully saturated rings. The number of likely N-dealkylation sites (N-methyl/N-ethyl adjacent to an activating group) is 1. The smallest absolute Gasteiger partial charge is 0.408 e. The fourth-order valence-corrected chi connectivity index (χ4v) is 5.51. The van der Waals surface area contributed by atoms with Crippen LogP contribution in [-0.2, 0) is 23.9 Å². The van der Waals surface area contributed by atoms with Gasteiger partial charge in [-0.2, -0.15) is 0 Å². The maximum Gasteiger partial charge on any atom is 0.408 e. The Balaban J connectivity index is 1.91. The maximum atomic E-state index is 13.6. The summed E-state index contributed by atoms with van der Waals surface area (Å²) in [5.74, 6) is -1.92. The number of nitrogens with zero attached hydrogens (tertiary/aromatic N) is 2. The van der Waals surface area contributed by atoms with E-state index in [0.29, 0.717) is 32.2 Å². The van der Waals surface area contributed by atoms with E-state index in [1.54, 1.807) is 27.8 Å². The van der Waals surface area contributed by atoms with Crippen molar-refractivity contribution in [3.8, 4) is 0 Å². The molecule has 11 heteroatoms. The molecule has 0 spiro atoms. The lowest BCUT2D eigenvalue weighted by Gasteiger charge is -2.43. The quantitative estimate of drug-likeness (QED) is 0.505. The highest BCUT2D eigenvalue weighted by molar-refractivity contribution is 5.94. The normalized spacial score (nSPS) is 32.3. The van der Waals surface area contributed by atoms with Gasteiger partial charge in [-0.05, 0) is 58.8 Å². The van der Waals surface area contributed by atoms with Crippen LogP contribution in [0, 0.1) is 11.8 Å². The number of fused-ring (bicyclic) bond motifs is 4. The summed E-state index contributed by atoms with van der Waals surface area (Å²) in [6, 6.07) is -2.64. The second kappa shape index (κ2) is 11.0. The average Bonchev–Trinajstić information content (AvgIpc) is 3.11. The van der Waals surface area contributed by atoms with Crippen LogP contribution in [0.1, 0.15) is 72.6 Å². The third-order valence-electron chi connectivity index (χ3n) is 7.30. The van der Waals surface area contributed by atoms with Gasteiger partial charge in [-0.15, -0.1) is 0 Å². The van der Waals surface area contributed by atoms with E-state index in [-0.39, 0.29) is 36.1 Å². The monoisotopic (exact) mass is 507 g/mol. The Labute approximate surface area is 212 Å². The van der Waals surface area contributed by atoms with Crippen LogP contribution in [0.3, 0.4) is 0 Å². The first-order valence-corrected chi connectivity index (χ1v) is 12.9. The lowest BCUT2D eigenvalue weighted by atomic mass is 9.89. The Morgan fingerprint density at radius 1 is 1.06 bits per heavy atom. The number of hydrogen-bond donors (Lipinski definition) is 3. The largest absolute Gasteiger partial charge is 0.444 e. The van der Waals surface area contributed by atoms with Crippen LogP contribution in [-0.4, -0.2) is 82.9 Å². The minimum atomic E-state index is -0.929. The number of rotatable bonds is 2. The molecular weight excluding hydrogens is 466 g/mol. The second-order valence-electron chi connectivity index (χ2n) is 11.6. The predicted octanol–water partition coefficient (Wildman–Crippen LogP) is 0.898. The molecule has 6 atom stereocenters. The third-order valence-corrected chi connectivity index (χ3v) is 7.30. The molecule has 5 amide bonds. The van der Waals surface area contributed by atoms with Gasteiger partial charge in [0.15, 0.2) is 0 Å². The molecule has 36 heavy (non-hydrogen) atoms. The van der Waals surface area contributed by atoms with Gasteiger partial charge in [0.2, 0.25) is 23.6 Å². The summed E-state index contributed by atoms with van der Waals surface area (Å²) < 4.78 is 5.37. The summed E-state index contributed by atoms with van der Waals surface area (Å²) in [7, 11) is 1.55. The SMILES string of the molecule is CC1C[C@H]2C(=O)N(C1)[C@H](C(N)=O)C[C@@H]1C[C@@H](CCCC[C@H](NC(=O)OC(C)(C)C)C(=O)N2C)NC1=O. The van der Waals surface area contributed by atoms with E-state index in [1.807, 2.05) is 6.92 Å². The number of alkyl carbamates (subject to hydrolysis) is 1. The Hall–Kier alpha value is -2.85. The van der Waals surface area contributed by atoms with E-state index < -0.39 is 41.6 Å². The third kappa shape index (κ3) is 6.67. The topological polar surface area (TPSA) is 151 Å². The molecule has 0 aliphatic carbocycles. The molecule has 0 aromatic carbocycles. The van der Waals surface area contributed by atoms with Gasteiger partial charge in [0.25, 0.3) is 0 Å². The van der Waals surface area contributed by atoms with Crippen LogP contribution in [0.4, 0.5) is 4.79 Å². The molecule has 3 rings (SSSR count). The van der Waals surface area contributed by atoms with E-state index in [0.717, 1.165) is 12.8 Å². The van der Waals surface area contributed by atoms with Gasteiger partial charge in [0, 0.05) is 25.6 Å². The Morgan fingerprint density at radius 2 is 1.72 bits per heavy atom. The van der Waals surface area contributed by atoms with E-state index in [9.17, 15) is 24.0 Å². The van der Waals surface area contributed by atoms with Gasteiger partial charge in [-0.1, -0.05) is 19.8 Å².